The molecule has 0 aliphatic carbocycles. The summed E-state index contributed by atoms with van der Waals surface area (Å²) in [6.07, 6.45) is 1.19. The van der Waals surface area contributed by atoms with Gasteiger partial charge in [0.2, 0.25) is 11.6 Å². The number of hydrogen-bond acceptors (Lipinski definition) is 8. The van der Waals surface area contributed by atoms with Crippen LogP contribution in [0.2, 0.25) is 5.02 Å². The first-order chi connectivity index (χ1) is 17.9. The first-order valence-corrected chi connectivity index (χ1v) is 11.8. The number of furan rings is 1. The van der Waals surface area contributed by atoms with Gasteiger partial charge >= 0.3 is 5.69 Å². The Morgan fingerprint density at radius 2 is 2.05 bits per heavy atom. The van der Waals surface area contributed by atoms with Gasteiger partial charge in [-0.25, -0.2) is 4.98 Å². The van der Waals surface area contributed by atoms with E-state index in [9.17, 15) is 14.9 Å². The molecule has 0 aliphatic rings. The van der Waals surface area contributed by atoms with Crippen LogP contribution < -0.4 is 10.3 Å². The highest BCUT2D eigenvalue weighted by atomic mass is 79.9. The zero-order valence-corrected chi connectivity index (χ0v) is 20.9. The third-order valence-electron chi connectivity index (χ3n) is 5.31. The van der Waals surface area contributed by atoms with E-state index in [-0.39, 0.29) is 27.9 Å². The maximum atomic E-state index is 13.5. The maximum Gasteiger partial charge on any atom is 0.313 e. The quantitative estimate of drug-likeness (QED) is 0.139. The molecule has 0 bridgehead atoms. The minimum atomic E-state index is -0.683. The van der Waals surface area contributed by atoms with E-state index in [2.05, 4.69) is 26.0 Å². The number of aromatic nitrogens is 2. The fourth-order valence-corrected chi connectivity index (χ4v) is 4.33. The predicted octanol–water partition coefficient (Wildman–Crippen LogP) is 5.92. The molecular formula is C25H13BrClN5O5. The van der Waals surface area contributed by atoms with E-state index in [1.807, 2.05) is 12.1 Å². The normalized spacial score (nSPS) is 11.3. The number of nitro groups is 1. The zero-order chi connectivity index (χ0) is 26.1. The Balaban J connectivity index is 1.73. The number of ether oxygens (including phenoxy) is 1. The first-order valence-electron chi connectivity index (χ1n) is 10.6. The SMILES string of the molecule is N#CCOc1c(C=Nn2c(-c3cc4cc(Br)ccc4o3)nc3ccccc3c2=O)cc(Cl)cc1[N+](=O)[O-]. The summed E-state index contributed by atoms with van der Waals surface area (Å²) in [5.74, 6) is 0.186. The number of benzene rings is 3. The third kappa shape index (κ3) is 4.67. The second kappa shape index (κ2) is 9.85. The number of halogens is 2. The van der Waals surface area contributed by atoms with Crippen LogP contribution in [0.5, 0.6) is 5.75 Å². The van der Waals surface area contributed by atoms with Crippen LogP contribution in [0.25, 0.3) is 33.5 Å². The van der Waals surface area contributed by atoms with Crippen molar-refractivity contribution in [3.05, 3.63) is 96.2 Å². The fraction of sp³-hybridized carbons (Fsp3) is 0.0400. The van der Waals surface area contributed by atoms with Crippen molar-refractivity contribution in [3.8, 4) is 23.4 Å². The van der Waals surface area contributed by atoms with E-state index in [4.69, 9.17) is 26.0 Å². The molecule has 0 N–H and O–H groups in total. The van der Waals surface area contributed by atoms with Crippen molar-refractivity contribution in [1.82, 2.24) is 9.66 Å². The molecule has 12 heteroatoms. The summed E-state index contributed by atoms with van der Waals surface area (Å²) in [7, 11) is 0. The highest BCUT2D eigenvalue weighted by molar-refractivity contribution is 9.10. The number of nitriles is 1. The smallest absolute Gasteiger partial charge is 0.313 e. The van der Waals surface area contributed by atoms with E-state index < -0.39 is 22.8 Å². The summed E-state index contributed by atoms with van der Waals surface area (Å²) in [4.78, 5) is 29.0. The molecule has 0 spiro atoms. The van der Waals surface area contributed by atoms with Gasteiger partial charge in [0.1, 0.15) is 11.7 Å². The third-order valence-corrected chi connectivity index (χ3v) is 6.02. The lowest BCUT2D eigenvalue weighted by molar-refractivity contribution is -0.385. The molecule has 2 heterocycles. The molecule has 0 saturated heterocycles. The highest BCUT2D eigenvalue weighted by Crippen LogP contribution is 2.34. The lowest BCUT2D eigenvalue weighted by atomic mass is 10.2. The van der Waals surface area contributed by atoms with Crippen molar-refractivity contribution < 1.29 is 14.1 Å². The monoisotopic (exact) mass is 577 g/mol. The Bertz CT molecular complexity index is 1840. The van der Waals surface area contributed by atoms with Gasteiger partial charge in [-0.3, -0.25) is 14.9 Å². The van der Waals surface area contributed by atoms with E-state index in [1.165, 1.54) is 12.3 Å². The van der Waals surface area contributed by atoms with E-state index in [0.717, 1.165) is 20.6 Å². The van der Waals surface area contributed by atoms with Crippen LogP contribution in [-0.2, 0) is 0 Å². The molecule has 0 saturated carbocycles. The van der Waals surface area contributed by atoms with Gasteiger partial charge in [-0.2, -0.15) is 15.0 Å². The van der Waals surface area contributed by atoms with Gasteiger partial charge in [0, 0.05) is 26.5 Å². The van der Waals surface area contributed by atoms with Crippen molar-refractivity contribution in [3.63, 3.8) is 0 Å². The number of nitrogens with zero attached hydrogens (tertiary/aromatic N) is 5. The number of fused-ring (bicyclic) bond motifs is 2. The Kier molecular flexibility index (Phi) is 6.43. The molecule has 0 atom stereocenters. The standard InChI is InChI=1S/C25H13BrClN5O5/c26-16-5-6-21-14(9-16)11-22(37-21)24-30-19-4-2-1-3-18(19)25(33)31(24)29-13-15-10-17(27)12-20(32(34)35)23(15)36-8-7-28/h1-6,9-13H,8H2. The second-order valence-corrected chi connectivity index (χ2v) is 9.01. The lowest BCUT2D eigenvalue weighted by Crippen LogP contribution is -2.20. The van der Waals surface area contributed by atoms with Crippen molar-refractivity contribution in [2.24, 2.45) is 5.10 Å². The van der Waals surface area contributed by atoms with Crippen LogP contribution in [0.15, 0.2) is 79.4 Å². The van der Waals surface area contributed by atoms with Crippen LogP contribution in [0.1, 0.15) is 5.56 Å². The molecule has 0 unspecified atom stereocenters. The van der Waals surface area contributed by atoms with Gasteiger partial charge < -0.3 is 9.15 Å². The van der Waals surface area contributed by atoms with E-state index in [0.29, 0.717) is 16.5 Å². The summed E-state index contributed by atoms with van der Waals surface area (Å²) < 4.78 is 13.2. The summed E-state index contributed by atoms with van der Waals surface area (Å²) >= 11 is 9.52. The average molecular weight is 579 g/mol. The van der Waals surface area contributed by atoms with Crippen LogP contribution in [0.4, 0.5) is 5.69 Å². The highest BCUT2D eigenvalue weighted by Gasteiger charge is 2.21. The van der Waals surface area contributed by atoms with Crippen LogP contribution >= 0.6 is 27.5 Å². The molecule has 182 valence electrons. The molecule has 0 aliphatic heterocycles. The van der Waals surface area contributed by atoms with Crippen molar-refractivity contribution >= 4 is 61.3 Å². The van der Waals surface area contributed by atoms with Gasteiger partial charge in [-0.1, -0.05) is 39.7 Å². The average Bonchev–Trinajstić information content (AvgIpc) is 3.30. The van der Waals surface area contributed by atoms with Crippen molar-refractivity contribution in [2.75, 3.05) is 6.61 Å². The summed E-state index contributed by atoms with van der Waals surface area (Å²) in [6, 6.07) is 18.2. The Morgan fingerprint density at radius 3 is 2.84 bits per heavy atom. The van der Waals surface area contributed by atoms with Gasteiger partial charge in [0.05, 0.1) is 22.0 Å². The first kappa shape index (κ1) is 24.2. The number of nitro benzene ring substituents is 1. The zero-order valence-electron chi connectivity index (χ0n) is 18.6. The van der Waals surface area contributed by atoms with Crippen molar-refractivity contribution in [1.29, 1.82) is 5.26 Å². The summed E-state index contributed by atoms with van der Waals surface area (Å²) in [5.41, 5.74) is 0.167. The lowest BCUT2D eigenvalue weighted by Gasteiger charge is -2.09. The van der Waals surface area contributed by atoms with Crippen LogP contribution in [-0.4, -0.2) is 27.4 Å². The molecule has 2 aromatic heterocycles. The molecule has 37 heavy (non-hydrogen) atoms. The Labute approximate surface area is 221 Å². The van der Waals surface area contributed by atoms with Crippen molar-refractivity contribution in [2.45, 2.75) is 0 Å². The van der Waals surface area contributed by atoms with Crippen LogP contribution in [0, 0.1) is 21.4 Å². The largest absolute Gasteiger partial charge is 0.471 e. The number of hydrogen-bond donors (Lipinski definition) is 0. The predicted molar refractivity (Wildman–Crippen MR) is 141 cm³/mol. The molecule has 10 nitrogen and oxygen atoms in total. The molecule has 0 radical (unpaired) electrons. The molecule has 5 rings (SSSR count). The molecule has 3 aromatic carbocycles. The number of rotatable bonds is 6. The molecule has 0 fully saturated rings. The van der Waals surface area contributed by atoms with Crippen LogP contribution in [0.3, 0.4) is 0 Å². The van der Waals surface area contributed by atoms with Gasteiger partial charge in [0.15, 0.2) is 12.4 Å². The van der Waals surface area contributed by atoms with Gasteiger partial charge in [0.25, 0.3) is 5.56 Å². The fourth-order valence-electron chi connectivity index (χ4n) is 3.73. The van der Waals surface area contributed by atoms with E-state index >= 15 is 0 Å². The summed E-state index contributed by atoms with van der Waals surface area (Å²) in [6.45, 7) is -0.444. The molecular weight excluding hydrogens is 566 g/mol. The van der Waals surface area contributed by atoms with Gasteiger partial charge in [-0.05, 0) is 42.5 Å². The van der Waals surface area contributed by atoms with E-state index in [1.54, 1.807) is 42.5 Å². The second-order valence-electron chi connectivity index (χ2n) is 7.65. The van der Waals surface area contributed by atoms with Gasteiger partial charge in [-0.15, -0.1) is 0 Å². The minimum Gasteiger partial charge on any atom is -0.471 e. The summed E-state index contributed by atoms with van der Waals surface area (Å²) in [5, 5.41) is 25.9. The topological polar surface area (TPSA) is 137 Å². The number of para-hydroxylation sites is 1. The Morgan fingerprint density at radius 1 is 1.24 bits per heavy atom. The molecule has 5 aromatic rings. The maximum absolute atomic E-state index is 13.5. The molecule has 0 amide bonds. The minimum absolute atomic E-state index is 0.0459. The Hall–Kier alpha value is -4.53.